The van der Waals surface area contributed by atoms with Crippen molar-refractivity contribution < 1.29 is 0 Å². The fraction of sp³-hybridized carbons (Fsp3) is 0.308. The summed E-state index contributed by atoms with van der Waals surface area (Å²) < 4.78 is 0. The molecule has 0 bridgehead atoms. The zero-order chi connectivity index (χ0) is 10.9. The highest BCUT2D eigenvalue weighted by Gasteiger charge is 1.93. The van der Waals surface area contributed by atoms with Gasteiger partial charge in [-0.05, 0) is 30.7 Å². The van der Waals surface area contributed by atoms with Crippen molar-refractivity contribution in [3.63, 3.8) is 0 Å². The van der Waals surface area contributed by atoms with Gasteiger partial charge in [-0.1, -0.05) is 12.1 Å². The van der Waals surface area contributed by atoms with Crippen LogP contribution in [0.3, 0.4) is 0 Å². The average molecular weight is 198 g/mol. The van der Waals surface area contributed by atoms with Crippen LogP contribution < -0.4 is 5.32 Å². The van der Waals surface area contributed by atoms with Gasteiger partial charge in [0.2, 0.25) is 0 Å². The van der Waals surface area contributed by atoms with Crippen molar-refractivity contribution in [3.8, 4) is 18.4 Å². The largest absolute Gasteiger partial charge is 0.313 e. The Morgan fingerprint density at radius 1 is 1.27 bits per heavy atom. The van der Waals surface area contributed by atoms with Gasteiger partial charge in [0, 0.05) is 13.0 Å². The first kappa shape index (κ1) is 11.3. The van der Waals surface area contributed by atoms with Gasteiger partial charge in [-0.25, -0.2) is 0 Å². The van der Waals surface area contributed by atoms with Crippen LogP contribution in [0.15, 0.2) is 24.3 Å². The molecule has 0 aliphatic rings. The van der Waals surface area contributed by atoms with Gasteiger partial charge >= 0.3 is 0 Å². The molecule has 0 amide bonds. The molecule has 0 unspecified atom stereocenters. The van der Waals surface area contributed by atoms with Gasteiger partial charge in [-0.2, -0.15) is 5.26 Å². The maximum atomic E-state index is 8.62. The summed E-state index contributed by atoms with van der Waals surface area (Å²) in [5.74, 6) is 2.61. The lowest BCUT2D eigenvalue weighted by Gasteiger charge is -2.03. The third kappa shape index (κ3) is 4.31. The van der Waals surface area contributed by atoms with Gasteiger partial charge < -0.3 is 5.32 Å². The molecule has 0 saturated carbocycles. The highest BCUT2D eigenvalue weighted by atomic mass is 14.8. The Hall–Kier alpha value is -1.77. The molecule has 0 atom stereocenters. The van der Waals surface area contributed by atoms with Crippen molar-refractivity contribution >= 4 is 0 Å². The first-order chi connectivity index (χ1) is 7.36. The van der Waals surface area contributed by atoms with E-state index >= 15 is 0 Å². The van der Waals surface area contributed by atoms with Crippen molar-refractivity contribution in [2.45, 2.75) is 19.4 Å². The first-order valence-electron chi connectivity index (χ1n) is 5.00. The van der Waals surface area contributed by atoms with Crippen molar-refractivity contribution in [1.29, 1.82) is 5.26 Å². The molecule has 0 fully saturated rings. The lowest BCUT2D eigenvalue weighted by molar-refractivity contribution is 0.659. The summed E-state index contributed by atoms with van der Waals surface area (Å²) >= 11 is 0. The number of unbranched alkanes of at least 4 members (excludes halogenated alkanes) is 1. The van der Waals surface area contributed by atoms with Crippen LogP contribution in [0.4, 0.5) is 0 Å². The van der Waals surface area contributed by atoms with Gasteiger partial charge in [0.25, 0.3) is 0 Å². The smallest absolute Gasteiger partial charge is 0.0991 e. The molecule has 0 aliphatic heterocycles. The van der Waals surface area contributed by atoms with E-state index in [9.17, 15) is 0 Å². The highest BCUT2D eigenvalue weighted by molar-refractivity contribution is 5.31. The lowest BCUT2D eigenvalue weighted by Crippen LogP contribution is -2.14. The summed E-state index contributed by atoms with van der Waals surface area (Å²) in [6, 6.07) is 9.69. The zero-order valence-corrected chi connectivity index (χ0v) is 8.66. The topological polar surface area (TPSA) is 35.8 Å². The molecule has 1 aromatic rings. The quantitative estimate of drug-likeness (QED) is 0.580. The summed E-state index contributed by atoms with van der Waals surface area (Å²) in [5, 5.41) is 11.9. The minimum Gasteiger partial charge on any atom is -0.313 e. The molecular formula is C13H14N2. The van der Waals surface area contributed by atoms with E-state index in [1.165, 1.54) is 5.56 Å². The van der Waals surface area contributed by atoms with Crippen molar-refractivity contribution in [1.82, 2.24) is 5.32 Å². The summed E-state index contributed by atoms with van der Waals surface area (Å²) in [7, 11) is 0. The Morgan fingerprint density at radius 2 is 2.00 bits per heavy atom. The second kappa shape index (κ2) is 6.65. The van der Waals surface area contributed by atoms with Crippen molar-refractivity contribution in [3.05, 3.63) is 35.4 Å². The van der Waals surface area contributed by atoms with E-state index in [0.717, 1.165) is 25.9 Å². The van der Waals surface area contributed by atoms with Crippen LogP contribution in [0, 0.1) is 23.7 Å². The molecule has 0 spiro atoms. The van der Waals surface area contributed by atoms with Crippen molar-refractivity contribution in [2.24, 2.45) is 0 Å². The van der Waals surface area contributed by atoms with Gasteiger partial charge in [-0.3, -0.25) is 0 Å². The fourth-order valence-electron chi connectivity index (χ4n) is 1.25. The number of benzene rings is 1. The van der Waals surface area contributed by atoms with Crippen LogP contribution >= 0.6 is 0 Å². The van der Waals surface area contributed by atoms with E-state index in [1.54, 1.807) is 0 Å². The molecule has 0 radical (unpaired) electrons. The second-order valence-corrected chi connectivity index (χ2v) is 3.29. The molecular weight excluding hydrogens is 184 g/mol. The Kier molecular flexibility index (Phi) is 5.01. The normalized spacial score (nSPS) is 9.20. The zero-order valence-electron chi connectivity index (χ0n) is 8.66. The minimum atomic E-state index is 0.700. The molecule has 0 saturated heterocycles. The van der Waals surface area contributed by atoms with E-state index in [4.69, 9.17) is 11.7 Å². The molecule has 0 aromatic heterocycles. The molecule has 15 heavy (non-hydrogen) atoms. The number of terminal acetylenes is 1. The van der Waals surface area contributed by atoms with Crippen LogP contribution in [0.2, 0.25) is 0 Å². The van der Waals surface area contributed by atoms with E-state index in [-0.39, 0.29) is 0 Å². The van der Waals surface area contributed by atoms with Gasteiger partial charge in [0.1, 0.15) is 0 Å². The first-order valence-corrected chi connectivity index (χ1v) is 5.00. The fourth-order valence-corrected chi connectivity index (χ4v) is 1.25. The van der Waals surface area contributed by atoms with E-state index in [2.05, 4.69) is 17.3 Å². The van der Waals surface area contributed by atoms with Gasteiger partial charge in [0.05, 0.1) is 11.6 Å². The Morgan fingerprint density at radius 3 is 2.60 bits per heavy atom. The molecule has 1 aromatic carbocycles. The van der Waals surface area contributed by atoms with Crippen LogP contribution in [-0.4, -0.2) is 6.54 Å². The Bertz CT molecular complexity index is 365. The molecule has 2 nitrogen and oxygen atoms in total. The number of hydrogen-bond donors (Lipinski definition) is 1. The predicted molar refractivity (Wildman–Crippen MR) is 60.9 cm³/mol. The molecule has 0 aliphatic carbocycles. The van der Waals surface area contributed by atoms with E-state index < -0.39 is 0 Å². The number of nitrogens with one attached hydrogen (secondary N) is 1. The maximum Gasteiger partial charge on any atom is 0.0991 e. The van der Waals surface area contributed by atoms with Crippen LogP contribution in [-0.2, 0) is 6.54 Å². The SMILES string of the molecule is C#CCCCNCc1ccc(C#N)cc1. The summed E-state index contributed by atoms with van der Waals surface area (Å²) in [6.45, 7) is 1.76. The van der Waals surface area contributed by atoms with Crippen molar-refractivity contribution in [2.75, 3.05) is 6.54 Å². The monoisotopic (exact) mass is 198 g/mol. The van der Waals surface area contributed by atoms with Crippen LogP contribution in [0.25, 0.3) is 0 Å². The molecule has 1 rings (SSSR count). The average Bonchev–Trinajstić information content (AvgIpc) is 2.30. The Labute approximate surface area is 90.9 Å². The summed E-state index contributed by atoms with van der Waals surface area (Å²) in [4.78, 5) is 0. The molecule has 0 heterocycles. The molecule has 76 valence electrons. The Balaban J connectivity index is 2.27. The third-order valence-electron chi connectivity index (χ3n) is 2.09. The van der Waals surface area contributed by atoms with E-state index in [0.29, 0.717) is 5.56 Å². The number of rotatable bonds is 5. The maximum absolute atomic E-state index is 8.62. The number of nitriles is 1. The van der Waals surface area contributed by atoms with Gasteiger partial charge in [0.15, 0.2) is 0 Å². The lowest BCUT2D eigenvalue weighted by atomic mass is 10.1. The predicted octanol–water partition coefficient (Wildman–Crippen LogP) is 2.06. The number of hydrogen-bond acceptors (Lipinski definition) is 2. The van der Waals surface area contributed by atoms with Crippen LogP contribution in [0.5, 0.6) is 0 Å². The third-order valence-corrected chi connectivity index (χ3v) is 2.09. The highest BCUT2D eigenvalue weighted by Crippen LogP contribution is 2.02. The standard InChI is InChI=1S/C13H14N2/c1-2-3-4-9-15-11-13-7-5-12(10-14)6-8-13/h1,5-8,15H,3-4,9,11H2. The second-order valence-electron chi connectivity index (χ2n) is 3.29. The molecule has 2 heteroatoms. The van der Waals surface area contributed by atoms with Gasteiger partial charge in [-0.15, -0.1) is 12.3 Å². The van der Waals surface area contributed by atoms with E-state index in [1.807, 2.05) is 24.3 Å². The van der Waals surface area contributed by atoms with Crippen LogP contribution in [0.1, 0.15) is 24.0 Å². The minimum absolute atomic E-state index is 0.700. The summed E-state index contributed by atoms with van der Waals surface area (Å²) in [6.07, 6.45) is 6.97. The number of nitrogens with zero attached hydrogens (tertiary/aromatic N) is 1. The molecule has 1 N–H and O–H groups in total. The summed E-state index contributed by atoms with van der Waals surface area (Å²) in [5.41, 5.74) is 1.89.